The fraction of sp³-hybridized carbons (Fsp3) is 0.824. The first-order chi connectivity index (χ1) is 12.7. The first-order valence-electron chi connectivity index (χ1n) is 9.45. The highest BCUT2D eigenvalue weighted by molar-refractivity contribution is 14.0. The molecule has 0 aromatic carbocycles. The molecule has 1 aliphatic heterocycles. The summed E-state index contributed by atoms with van der Waals surface area (Å²) in [6, 6.07) is 0. The minimum atomic E-state index is 0. The molecular weight excluding hydrogens is 461 g/mol. The number of morpholine rings is 1. The molecule has 0 aliphatic carbocycles. The topological polar surface area (TPSA) is 88.8 Å². The van der Waals surface area contributed by atoms with Crippen molar-refractivity contribution in [3.63, 3.8) is 0 Å². The van der Waals surface area contributed by atoms with Gasteiger partial charge >= 0.3 is 0 Å². The Kier molecular flexibility index (Phi) is 12.5. The van der Waals surface area contributed by atoms with Gasteiger partial charge in [0.15, 0.2) is 11.8 Å². The van der Waals surface area contributed by atoms with Crippen LogP contribution in [0, 0.1) is 6.92 Å². The minimum absolute atomic E-state index is 0. The van der Waals surface area contributed by atoms with Crippen molar-refractivity contribution < 1.29 is 9.47 Å². The average molecular weight is 495 g/mol. The van der Waals surface area contributed by atoms with Crippen molar-refractivity contribution in [3.05, 3.63) is 11.6 Å². The Bertz CT molecular complexity index is 547. The van der Waals surface area contributed by atoms with Gasteiger partial charge in [-0.3, -0.25) is 4.90 Å². The molecule has 0 unspecified atom stereocenters. The summed E-state index contributed by atoms with van der Waals surface area (Å²) in [5, 5.41) is 14.9. The zero-order valence-electron chi connectivity index (χ0n) is 16.7. The quantitative estimate of drug-likeness (QED) is 0.212. The Labute approximate surface area is 179 Å². The smallest absolute Gasteiger partial charge is 0.191 e. The van der Waals surface area contributed by atoms with E-state index in [9.17, 15) is 0 Å². The molecule has 156 valence electrons. The molecule has 0 spiro atoms. The van der Waals surface area contributed by atoms with E-state index < -0.39 is 0 Å². The molecular formula is C17H34IN7O2. The summed E-state index contributed by atoms with van der Waals surface area (Å²) in [6.07, 6.45) is 1.06. The van der Waals surface area contributed by atoms with Gasteiger partial charge in [-0.1, -0.05) is 0 Å². The lowest BCUT2D eigenvalue weighted by Gasteiger charge is -2.26. The molecule has 0 atom stereocenters. The number of ether oxygens (including phenoxy) is 2. The largest absolute Gasteiger partial charge is 0.380 e. The fourth-order valence-electron chi connectivity index (χ4n) is 2.63. The van der Waals surface area contributed by atoms with Gasteiger partial charge in [0.1, 0.15) is 12.4 Å². The first-order valence-corrected chi connectivity index (χ1v) is 9.45. The predicted molar refractivity (Wildman–Crippen MR) is 117 cm³/mol. The highest BCUT2D eigenvalue weighted by Crippen LogP contribution is 1.99. The Morgan fingerprint density at radius 3 is 2.63 bits per heavy atom. The summed E-state index contributed by atoms with van der Waals surface area (Å²) in [5.41, 5.74) is 0. The van der Waals surface area contributed by atoms with E-state index in [-0.39, 0.29) is 24.0 Å². The molecule has 0 bridgehead atoms. The van der Waals surface area contributed by atoms with Crippen LogP contribution in [0.15, 0.2) is 4.99 Å². The molecule has 2 rings (SSSR count). The van der Waals surface area contributed by atoms with Crippen LogP contribution in [0.4, 0.5) is 0 Å². The molecule has 1 fully saturated rings. The third-order valence-corrected chi connectivity index (χ3v) is 4.35. The number of aliphatic imine (C=N–C) groups is 1. The lowest BCUT2D eigenvalue weighted by Crippen LogP contribution is -2.41. The predicted octanol–water partition coefficient (Wildman–Crippen LogP) is 0.536. The molecule has 0 saturated carbocycles. The molecule has 10 heteroatoms. The monoisotopic (exact) mass is 495 g/mol. The molecule has 27 heavy (non-hydrogen) atoms. The van der Waals surface area contributed by atoms with E-state index in [0.29, 0.717) is 13.2 Å². The third-order valence-electron chi connectivity index (χ3n) is 4.35. The van der Waals surface area contributed by atoms with E-state index in [1.165, 1.54) is 0 Å². The van der Waals surface area contributed by atoms with Crippen LogP contribution in [0.3, 0.4) is 0 Å². The van der Waals surface area contributed by atoms with Gasteiger partial charge in [-0.05, 0) is 26.8 Å². The second-order valence-corrected chi connectivity index (χ2v) is 6.25. The SMILES string of the molecule is CCOCCNC(=NCc1nnc(C)n1C)NCCCN1CCOCC1.I. The molecule has 1 saturated heterocycles. The van der Waals surface area contributed by atoms with Gasteiger partial charge < -0.3 is 24.7 Å². The molecule has 1 aliphatic rings. The van der Waals surface area contributed by atoms with Crippen molar-refractivity contribution in [2.75, 3.05) is 59.2 Å². The summed E-state index contributed by atoms with van der Waals surface area (Å²) < 4.78 is 12.7. The van der Waals surface area contributed by atoms with Crippen molar-refractivity contribution in [3.8, 4) is 0 Å². The van der Waals surface area contributed by atoms with E-state index in [1.54, 1.807) is 0 Å². The average Bonchev–Trinajstić information content (AvgIpc) is 2.98. The van der Waals surface area contributed by atoms with Gasteiger partial charge in [-0.25, -0.2) is 4.99 Å². The lowest BCUT2D eigenvalue weighted by atomic mass is 10.3. The Morgan fingerprint density at radius 1 is 1.22 bits per heavy atom. The Morgan fingerprint density at radius 2 is 1.96 bits per heavy atom. The highest BCUT2D eigenvalue weighted by Gasteiger charge is 2.09. The van der Waals surface area contributed by atoms with Crippen LogP contribution in [0.5, 0.6) is 0 Å². The van der Waals surface area contributed by atoms with E-state index in [0.717, 1.165) is 76.6 Å². The van der Waals surface area contributed by atoms with Crippen LogP contribution >= 0.6 is 24.0 Å². The van der Waals surface area contributed by atoms with Crippen LogP contribution < -0.4 is 10.6 Å². The van der Waals surface area contributed by atoms with Gasteiger partial charge in [0.05, 0.1) is 19.8 Å². The Balaban J connectivity index is 0.00000364. The van der Waals surface area contributed by atoms with Crippen molar-refractivity contribution >= 4 is 29.9 Å². The maximum Gasteiger partial charge on any atom is 0.191 e. The van der Waals surface area contributed by atoms with Crippen LogP contribution in [-0.2, 0) is 23.1 Å². The van der Waals surface area contributed by atoms with Crippen molar-refractivity contribution in [1.29, 1.82) is 0 Å². The summed E-state index contributed by atoms with van der Waals surface area (Å²) in [6.45, 7) is 12.2. The molecule has 2 N–H and O–H groups in total. The summed E-state index contributed by atoms with van der Waals surface area (Å²) in [7, 11) is 1.96. The van der Waals surface area contributed by atoms with Crippen molar-refractivity contribution in [2.45, 2.75) is 26.8 Å². The maximum absolute atomic E-state index is 5.38. The third kappa shape index (κ3) is 9.17. The number of rotatable bonds is 10. The number of hydrogen-bond donors (Lipinski definition) is 2. The summed E-state index contributed by atoms with van der Waals surface area (Å²) in [5.74, 6) is 2.52. The van der Waals surface area contributed by atoms with Crippen LogP contribution in [-0.4, -0.2) is 84.8 Å². The van der Waals surface area contributed by atoms with Gasteiger partial charge in [0, 0.05) is 39.8 Å². The maximum atomic E-state index is 5.38. The lowest BCUT2D eigenvalue weighted by molar-refractivity contribution is 0.0376. The fourth-order valence-corrected chi connectivity index (χ4v) is 2.63. The second-order valence-electron chi connectivity index (χ2n) is 6.25. The van der Waals surface area contributed by atoms with Crippen molar-refractivity contribution in [2.24, 2.45) is 12.0 Å². The van der Waals surface area contributed by atoms with E-state index >= 15 is 0 Å². The van der Waals surface area contributed by atoms with Crippen molar-refractivity contribution in [1.82, 2.24) is 30.3 Å². The molecule has 9 nitrogen and oxygen atoms in total. The second kappa shape index (κ2) is 14.1. The minimum Gasteiger partial charge on any atom is -0.380 e. The number of nitrogens with zero attached hydrogens (tertiary/aromatic N) is 5. The number of halogens is 1. The summed E-state index contributed by atoms with van der Waals surface area (Å²) >= 11 is 0. The zero-order valence-corrected chi connectivity index (χ0v) is 19.1. The van der Waals surface area contributed by atoms with E-state index in [2.05, 4.69) is 30.7 Å². The normalized spacial score (nSPS) is 15.4. The number of hydrogen-bond acceptors (Lipinski definition) is 6. The van der Waals surface area contributed by atoms with E-state index in [1.807, 2.05) is 25.5 Å². The number of aromatic nitrogens is 3. The molecule has 1 aromatic heterocycles. The summed E-state index contributed by atoms with van der Waals surface area (Å²) in [4.78, 5) is 7.07. The highest BCUT2D eigenvalue weighted by atomic mass is 127. The van der Waals surface area contributed by atoms with Crippen LogP contribution in [0.1, 0.15) is 25.0 Å². The van der Waals surface area contributed by atoms with Crippen LogP contribution in [0.2, 0.25) is 0 Å². The van der Waals surface area contributed by atoms with E-state index in [4.69, 9.17) is 9.47 Å². The number of aryl methyl sites for hydroxylation is 1. The first kappa shape index (κ1) is 24.1. The van der Waals surface area contributed by atoms with Crippen LogP contribution in [0.25, 0.3) is 0 Å². The van der Waals surface area contributed by atoms with Gasteiger partial charge in [-0.2, -0.15) is 0 Å². The standard InChI is InChI=1S/C17H33N7O2.HI/c1-4-25-11-7-19-17(20-14-16-22-21-15(2)23(16)3)18-6-5-8-24-9-12-26-13-10-24;/h4-14H2,1-3H3,(H2,18,19,20);1H. The van der Waals surface area contributed by atoms with Gasteiger partial charge in [0.2, 0.25) is 0 Å². The number of nitrogens with one attached hydrogen (secondary N) is 2. The van der Waals surface area contributed by atoms with Gasteiger partial charge in [-0.15, -0.1) is 34.2 Å². The molecule has 2 heterocycles. The molecule has 1 aromatic rings. The van der Waals surface area contributed by atoms with Gasteiger partial charge in [0.25, 0.3) is 0 Å². The number of guanidine groups is 1. The zero-order chi connectivity index (χ0) is 18.6. The Hall–Kier alpha value is -0.980. The molecule has 0 amide bonds. The molecule has 0 radical (unpaired) electrons.